The van der Waals surface area contributed by atoms with Crippen LogP contribution in [-0.2, 0) is 13.6 Å². The largest absolute Gasteiger partial charge is 0.314 e. The highest BCUT2D eigenvalue weighted by atomic mass is 15.3. The molecule has 0 aromatic carbocycles. The Morgan fingerprint density at radius 1 is 1.50 bits per heavy atom. The lowest BCUT2D eigenvalue weighted by Gasteiger charge is -2.16. The van der Waals surface area contributed by atoms with Gasteiger partial charge < -0.3 is 5.32 Å². The molecule has 1 aliphatic rings. The molecule has 0 spiro atoms. The summed E-state index contributed by atoms with van der Waals surface area (Å²) in [5, 5.41) is 7.95. The third-order valence-corrected chi connectivity index (χ3v) is 3.69. The number of aromatic nitrogens is 2. The van der Waals surface area contributed by atoms with Gasteiger partial charge in [0.15, 0.2) is 0 Å². The molecule has 0 saturated carbocycles. The minimum absolute atomic E-state index is 0.597. The van der Waals surface area contributed by atoms with Crippen molar-refractivity contribution in [2.24, 2.45) is 13.0 Å². The Kier molecular flexibility index (Phi) is 4.40. The molecule has 1 saturated heterocycles. The number of likely N-dealkylation sites (tertiary alicyclic amines) is 1. The standard InChI is InChI=1S/C14H26N4/c1-11(2)15-7-13-5-6-18(8-13)10-14-9-17(4)16-12(14)3/h9,11,13,15H,5-8,10H2,1-4H3. The zero-order valence-electron chi connectivity index (χ0n) is 12.1. The van der Waals surface area contributed by atoms with Crippen LogP contribution >= 0.6 is 0 Å². The van der Waals surface area contributed by atoms with Gasteiger partial charge in [-0.25, -0.2) is 0 Å². The lowest BCUT2D eigenvalue weighted by Crippen LogP contribution is -2.30. The van der Waals surface area contributed by atoms with E-state index in [9.17, 15) is 0 Å². The first-order valence-electron chi connectivity index (χ1n) is 6.99. The summed E-state index contributed by atoms with van der Waals surface area (Å²) >= 11 is 0. The summed E-state index contributed by atoms with van der Waals surface area (Å²) in [4.78, 5) is 2.55. The smallest absolute Gasteiger partial charge is 0.0638 e. The second kappa shape index (κ2) is 5.85. The van der Waals surface area contributed by atoms with Crippen molar-refractivity contribution in [1.29, 1.82) is 0 Å². The lowest BCUT2D eigenvalue weighted by molar-refractivity contribution is 0.312. The summed E-state index contributed by atoms with van der Waals surface area (Å²) in [6.07, 6.45) is 3.47. The number of hydrogen-bond acceptors (Lipinski definition) is 3. The van der Waals surface area contributed by atoms with Gasteiger partial charge in [0.25, 0.3) is 0 Å². The fourth-order valence-electron chi connectivity index (χ4n) is 2.67. The number of rotatable bonds is 5. The molecule has 1 aliphatic heterocycles. The van der Waals surface area contributed by atoms with Crippen molar-refractivity contribution in [2.45, 2.75) is 39.8 Å². The van der Waals surface area contributed by atoms with Crippen LogP contribution in [0.3, 0.4) is 0 Å². The second-order valence-corrected chi connectivity index (χ2v) is 5.87. The molecule has 4 heteroatoms. The van der Waals surface area contributed by atoms with Crippen molar-refractivity contribution in [2.75, 3.05) is 19.6 Å². The van der Waals surface area contributed by atoms with Gasteiger partial charge in [0.2, 0.25) is 0 Å². The first-order valence-corrected chi connectivity index (χ1v) is 6.99. The van der Waals surface area contributed by atoms with E-state index in [0.717, 1.165) is 19.0 Å². The van der Waals surface area contributed by atoms with E-state index in [1.165, 1.54) is 30.8 Å². The van der Waals surface area contributed by atoms with Crippen molar-refractivity contribution < 1.29 is 0 Å². The molecule has 1 fully saturated rings. The van der Waals surface area contributed by atoms with E-state index >= 15 is 0 Å². The first kappa shape index (κ1) is 13.6. The predicted octanol–water partition coefficient (Wildman–Crippen LogP) is 1.55. The van der Waals surface area contributed by atoms with E-state index in [-0.39, 0.29) is 0 Å². The van der Waals surface area contributed by atoms with E-state index in [0.29, 0.717) is 6.04 Å². The molecule has 1 aromatic heterocycles. The van der Waals surface area contributed by atoms with Crippen LogP contribution in [0, 0.1) is 12.8 Å². The fourth-order valence-corrected chi connectivity index (χ4v) is 2.67. The predicted molar refractivity (Wildman–Crippen MR) is 74.5 cm³/mol. The fraction of sp³-hybridized carbons (Fsp3) is 0.786. The average molecular weight is 250 g/mol. The maximum absolute atomic E-state index is 4.41. The van der Waals surface area contributed by atoms with Gasteiger partial charge in [0.1, 0.15) is 0 Å². The Hall–Kier alpha value is -0.870. The monoisotopic (exact) mass is 250 g/mol. The van der Waals surface area contributed by atoms with Gasteiger partial charge in [0.05, 0.1) is 5.69 Å². The van der Waals surface area contributed by atoms with Crippen molar-refractivity contribution in [3.8, 4) is 0 Å². The highest BCUT2D eigenvalue weighted by Crippen LogP contribution is 2.19. The van der Waals surface area contributed by atoms with Crippen molar-refractivity contribution in [1.82, 2.24) is 20.0 Å². The van der Waals surface area contributed by atoms with E-state index in [4.69, 9.17) is 0 Å². The van der Waals surface area contributed by atoms with Crippen LogP contribution in [0.5, 0.6) is 0 Å². The van der Waals surface area contributed by atoms with Crippen LogP contribution in [0.1, 0.15) is 31.5 Å². The van der Waals surface area contributed by atoms with Crippen LogP contribution in [0.4, 0.5) is 0 Å². The lowest BCUT2D eigenvalue weighted by atomic mass is 10.1. The maximum Gasteiger partial charge on any atom is 0.0638 e. The first-order chi connectivity index (χ1) is 8.54. The molecule has 0 amide bonds. The molecule has 1 N–H and O–H groups in total. The number of nitrogens with one attached hydrogen (secondary N) is 1. The zero-order chi connectivity index (χ0) is 13.1. The number of nitrogens with zero attached hydrogens (tertiary/aromatic N) is 3. The Labute approximate surface area is 110 Å². The quantitative estimate of drug-likeness (QED) is 0.861. The molecule has 4 nitrogen and oxygen atoms in total. The SMILES string of the molecule is Cc1nn(C)cc1CN1CCC(CNC(C)C)C1. The van der Waals surface area contributed by atoms with E-state index < -0.39 is 0 Å². The Balaban J connectivity index is 1.80. The van der Waals surface area contributed by atoms with Crippen LogP contribution in [0.25, 0.3) is 0 Å². The Morgan fingerprint density at radius 2 is 2.28 bits per heavy atom. The molecule has 0 bridgehead atoms. The summed E-state index contributed by atoms with van der Waals surface area (Å²) in [5.74, 6) is 0.810. The van der Waals surface area contributed by atoms with Crippen LogP contribution in [-0.4, -0.2) is 40.4 Å². The highest BCUT2D eigenvalue weighted by Gasteiger charge is 2.23. The van der Waals surface area contributed by atoms with Crippen LogP contribution in [0.15, 0.2) is 6.20 Å². The summed E-state index contributed by atoms with van der Waals surface area (Å²) in [5.41, 5.74) is 2.54. The number of hydrogen-bond donors (Lipinski definition) is 1. The molecule has 102 valence electrons. The molecule has 1 unspecified atom stereocenters. The summed E-state index contributed by atoms with van der Waals surface area (Å²) in [6.45, 7) is 11.2. The molecule has 2 rings (SSSR count). The van der Waals surface area contributed by atoms with Gasteiger partial charge in [-0.3, -0.25) is 9.58 Å². The van der Waals surface area contributed by atoms with Crippen LogP contribution < -0.4 is 5.32 Å². The zero-order valence-corrected chi connectivity index (χ0v) is 12.1. The van der Waals surface area contributed by atoms with Gasteiger partial charge in [-0.1, -0.05) is 13.8 Å². The van der Waals surface area contributed by atoms with Gasteiger partial charge in [0, 0.05) is 37.9 Å². The van der Waals surface area contributed by atoms with E-state index in [2.05, 4.69) is 42.3 Å². The van der Waals surface area contributed by atoms with Crippen molar-refractivity contribution in [3.05, 3.63) is 17.5 Å². The molecule has 1 aromatic rings. The van der Waals surface area contributed by atoms with Crippen LogP contribution in [0.2, 0.25) is 0 Å². The molecule has 1 atom stereocenters. The topological polar surface area (TPSA) is 33.1 Å². The molecule has 0 radical (unpaired) electrons. The minimum Gasteiger partial charge on any atom is -0.314 e. The van der Waals surface area contributed by atoms with Gasteiger partial charge in [-0.2, -0.15) is 5.10 Å². The van der Waals surface area contributed by atoms with E-state index in [1.807, 2.05) is 11.7 Å². The van der Waals surface area contributed by atoms with Gasteiger partial charge in [-0.15, -0.1) is 0 Å². The summed E-state index contributed by atoms with van der Waals surface area (Å²) < 4.78 is 1.92. The summed E-state index contributed by atoms with van der Waals surface area (Å²) in [6, 6.07) is 0.597. The van der Waals surface area contributed by atoms with E-state index in [1.54, 1.807) is 0 Å². The van der Waals surface area contributed by atoms with Gasteiger partial charge >= 0.3 is 0 Å². The summed E-state index contributed by atoms with van der Waals surface area (Å²) in [7, 11) is 2.00. The molecular weight excluding hydrogens is 224 g/mol. The minimum atomic E-state index is 0.597. The third kappa shape index (κ3) is 3.56. The second-order valence-electron chi connectivity index (χ2n) is 5.87. The van der Waals surface area contributed by atoms with Gasteiger partial charge in [-0.05, 0) is 32.4 Å². The highest BCUT2D eigenvalue weighted by molar-refractivity contribution is 5.15. The third-order valence-electron chi connectivity index (χ3n) is 3.69. The van der Waals surface area contributed by atoms with Crippen molar-refractivity contribution in [3.63, 3.8) is 0 Å². The Bertz CT molecular complexity index is 383. The van der Waals surface area contributed by atoms with Crippen molar-refractivity contribution >= 4 is 0 Å². The molecular formula is C14H26N4. The molecule has 2 heterocycles. The Morgan fingerprint density at radius 3 is 2.89 bits per heavy atom. The average Bonchev–Trinajstić information content (AvgIpc) is 2.84. The normalized spacial score (nSPS) is 21.1. The molecule has 0 aliphatic carbocycles. The number of aryl methyl sites for hydroxylation is 2. The maximum atomic E-state index is 4.41. The molecule has 18 heavy (non-hydrogen) atoms.